The van der Waals surface area contributed by atoms with Crippen molar-refractivity contribution in [2.24, 2.45) is 0 Å². The number of alkyl halides is 2. The molecule has 0 saturated carbocycles. The first kappa shape index (κ1) is 11.8. The predicted octanol–water partition coefficient (Wildman–Crippen LogP) is 0.0758. The highest BCUT2D eigenvalue weighted by Gasteiger charge is 2.58. The number of nitrogens with one attached hydrogen (secondary N) is 1. The highest BCUT2D eigenvalue weighted by atomic mass is 19.1. The van der Waals surface area contributed by atoms with E-state index >= 15 is 0 Å². The topological polar surface area (TPSA) is 67.9 Å². The summed E-state index contributed by atoms with van der Waals surface area (Å²) >= 11 is 0. The van der Waals surface area contributed by atoms with Gasteiger partial charge >= 0.3 is 6.03 Å². The normalized spacial score (nSPS) is 47.6. The van der Waals surface area contributed by atoms with Crippen molar-refractivity contribution in [3.63, 3.8) is 0 Å². The molecule has 3 fully saturated rings. The molecule has 0 spiro atoms. The zero-order chi connectivity index (χ0) is 13.1. The van der Waals surface area contributed by atoms with E-state index in [9.17, 15) is 18.4 Å². The number of ether oxygens (including phenoxy) is 2. The van der Waals surface area contributed by atoms with Gasteiger partial charge in [0, 0.05) is 6.42 Å². The summed E-state index contributed by atoms with van der Waals surface area (Å²) in [6, 6.07) is -0.820. The average Bonchev–Trinajstić information content (AvgIpc) is 2.52. The summed E-state index contributed by atoms with van der Waals surface area (Å²) in [6.45, 7) is 0.845. The van der Waals surface area contributed by atoms with Crippen LogP contribution in [0.3, 0.4) is 0 Å². The van der Waals surface area contributed by atoms with Gasteiger partial charge < -0.3 is 9.47 Å². The van der Waals surface area contributed by atoms with Crippen LogP contribution in [0.2, 0.25) is 0 Å². The fourth-order valence-corrected chi connectivity index (χ4v) is 2.48. The fourth-order valence-electron chi connectivity index (χ4n) is 2.48. The molecule has 8 heteroatoms. The van der Waals surface area contributed by atoms with E-state index < -0.39 is 42.3 Å². The Balaban J connectivity index is 1.96. The number of hydrogen-bond donors (Lipinski definition) is 1. The number of rotatable bonds is 0. The molecule has 0 aliphatic carbocycles. The monoisotopic (exact) mass is 262 g/mol. The van der Waals surface area contributed by atoms with Crippen LogP contribution in [-0.4, -0.2) is 53.8 Å². The molecule has 6 nitrogen and oxygen atoms in total. The number of amides is 3. The maximum atomic E-state index is 14.3. The molecule has 100 valence electrons. The molecule has 1 N–H and O–H groups in total. The van der Waals surface area contributed by atoms with Gasteiger partial charge in [-0.2, -0.15) is 0 Å². The predicted molar refractivity (Wildman–Crippen MR) is 52.8 cm³/mol. The van der Waals surface area contributed by atoms with Crippen LogP contribution in [-0.2, 0) is 14.3 Å². The van der Waals surface area contributed by atoms with Crippen molar-refractivity contribution >= 4 is 11.9 Å². The second-order valence-corrected chi connectivity index (χ2v) is 4.81. The van der Waals surface area contributed by atoms with Gasteiger partial charge in [-0.3, -0.25) is 15.0 Å². The summed E-state index contributed by atoms with van der Waals surface area (Å²) in [6.07, 6.45) is -4.39. The maximum Gasteiger partial charge on any atom is 0.328 e. The fraction of sp³-hybridized carbons (Fsp3) is 0.800. The Labute approximate surface area is 101 Å². The van der Waals surface area contributed by atoms with E-state index in [1.54, 1.807) is 0 Å². The molecule has 3 saturated heterocycles. The van der Waals surface area contributed by atoms with Gasteiger partial charge in [-0.25, -0.2) is 13.6 Å². The minimum Gasteiger partial charge on any atom is -0.351 e. The Hall–Kier alpha value is -1.28. The first-order chi connectivity index (χ1) is 8.41. The van der Waals surface area contributed by atoms with Crippen LogP contribution in [0.1, 0.15) is 13.3 Å². The Morgan fingerprint density at radius 1 is 1.50 bits per heavy atom. The van der Waals surface area contributed by atoms with Crippen molar-refractivity contribution in [2.75, 3.05) is 6.61 Å². The Morgan fingerprint density at radius 3 is 2.94 bits per heavy atom. The molecule has 2 bridgehead atoms. The minimum absolute atomic E-state index is 0.0395. The average molecular weight is 262 g/mol. The smallest absolute Gasteiger partial charge is 0.328 e. The molecule has 18 heavy (non-hydrogen) atoms. The van der Waals surface area contributed by atoms with Crippen LogP contribution in [0.5, 0.6) is 0 Å². The van der Waals surface area contributed by atoms with E-state index in [2.05, 4.69) is 0 Å². The first-order valence-electron chi connectivity index (χ1n) is 5.65. The molecule has 3 aliphatic rings. The van der Waals surface area contributed by atoms with Crippen molar-refractivity contribution in [3.8, 4) is 0 Å². The number of hydrogen-bond acceptors (Lipinski definition) is 4. The minimum atomic E-state index is -2.38. The second kappa shape index (κ2) is 3.61. The van der Waals surface area contributed by atoms with E-state index in [-0.39, 0.29) is 13.0 Å². The third-order valence-corrected chi connectivity index (χ3v) is 3.51. The van der Waals surface area contributed by atoms with Crippen LogP contribution >= 0.6 is 0 Å². The zero-order valence-electron chi connectivity index (χ0n) is 9.56. The SMILES string of the molecule is CC1(F)C(=O)NC(=O)N2C3CC(F)C(COC21)O3. The van der Waals surface area contributed by atoms with Gasteiger partial charge in [-0.1, -0.05) is 0 Å². The summed E-state index contributed by atoms with van der Waals surface area (Å²) in [4.78, 5) is 24.1. The third-order valence-electron chi connectivity index (χ3n) is 3.51. The molecule has 5 unspecified atom stereocenters. The van der Waals surface area contributed by atoms with E-state index in [1.165, 1.54) is 0 Å². The number of carbonyl (C=O) groups excluding carboxylic acids is 2. The number of imide groups is 1. The molecule has 3 rings (SSSR count). The van der Waals surface area contributed by atoms with Gasteiger partial charge in [-0.05, 0) is 6.92 Å². The van der Waals surface area contributed by atoms with Gasteiger partial charge in [0.1, 0.15) is 18.5 Å². The highest BCUT2D eigenvalue weighted by Crippen LogP contribution is 2.37. The van der Waals surface area contributed by atoms with Crippen LogP contribution in [0.4, 0.5) is 13.6 Å². The van der Waals surface area contributed by atoms with Gasteiger partial charge in [0.2, 0.25) is 5.67 Å². The molecule has 3 aliphatic heterocycles. The third kappa shape index (κ3) is 1.45. The van der Waals surface area contributed by atoms with Crippen molar-refractivity contribution in [2.45, 2.75) is 43.7 Å². The molecule has 5 atom stereocenters. The molecule has 3 amide bonds. The number of fused-ring (bicyclic) bond motifs is 4. The molecule has 0 aromatic heterocycles. The summed E-state index contributed by atoms with van der Waals surface area (Å²) in [5, 5.41) is 1.88. The summed E-state index contributed by atoms with van der Waals surface area (Å²) in [5.74, 6) is -1.05. The molecule has 0 radical (unpaired) electrons. The number of halogens is 2. The summed E-state index contributed by atoms with van der Waals surface area (Å²) < 4.78 is 38.2. The van der Waals surface area contributed by atoms with Gasteiger partial charge in [-0.15, -0.1) is 0 Å². The van der Waals surface area contributed by atoms with E-state index in [1.807, 2.05) is 5.32 Å². The molecule has 0 aromatic rings. The van der Waals surface area contributed by atoms with Crippen molar-refractivity contribution in [3.05, 3.63) is 0 Å². The van der Waals surface area contributed by atoms with E-state index in [4.69, 9.17) is 9.47 Å². The van der Waals surface area contributed by atoms with Crippen LogP contribution in [0.25, 0.3) is 0 Å². The number of nitrogens with zero attached hydrogens (tertiary/aromatic N) is 1. The Kier molecular flexibility index (Phi) is 2.36. The van der Waals surface area contributed by atoms with Gasteiger partial charge in [0.05, 0.1) is 6.61 Å². The number of carbonyl (C=O) groups is 2. The molecule has 0 aromatic carbocycles. The van der Waals surface area contributed by atoms with E-state index in [0.717, 1.165) is 11.8 Å². The zero-order valence-corrected chi connectivity index (χ0v) is 9.56. The van der Waals surface area contributed by atoms with Gasteiger partial charge in [0.15, 0.2) is 6.23 Å². The first-order valence-corrected chi connectivity index (χ1v) is 5.65. The lowest BCUT2D eigenvalue weighted by Crippen LogP contribution is -2.69. The highest BCUT2D eigenvalue weighted by molar-refractivity contribution is 6.01. The lowest BCUT2D eigenvalue weighted by molar-refractivity contribution is -0.171. The lowest BCUT2D eigenvalue weighted by Gasteiger charge is -2.42. The summed E-state index contributed by atoms with van der Waals surface area (Å²) in [7, 11) is 0. The molecule has 3 heterocycles. The quantitative estimate of drug-likeness (QED) is 0.671. The maximum absolute atomic E-state index is 14.3. The standard InChI is InChI=1S/C10H12F2N2O4/c1-10(12)7(15)13-9(16)14-6-2-4(11)5(18-6)3-17-8(10)14/h4-6,8H,2-3H2,1H3,(H,13,15,16). The molecular formula is C10H12F2N2O4. The van der Waals surface area contributed by atoms with Crippen molar-refractivity contribution in [1.29, 1.82) is 0 Å². The van der Waals surface area contributed by atoms with Crippen molar-refractivity contribution in [1.82, 2.24) is 10.2 Å². The number of urea groups is 1. The van der Waals surface area contributed by atoms with E-state index in [0.29, 0.717) is 0 Å². The molecular weight excluding hydrogens is 250 g/mol. The van der Waals surface area contributed by atoms with Crippen LogP contribution < -0.4 is 5.32 Å². The lowest BCUT2D eigenvalue weighted by atomic mass is 10.0. The van der Waals surface area contributed by atoms with Gasteiger partial charge in [0.25, 0.3) is 5.91 Å². The largest absolute Gasteiger partial charge is 0.351 e. The van der Waals surface area contributed by atoms with Crippen LogP contribution in [0, 0.1) is 0 Å². The second-order valence-electron chi connectivity index (χ2n) is 4.81. The summed E-state index contributed by atoms with van der Waals surface area (Å²) in [5.41, 5.74) is -2.38. The Bertz CT molecular complexity index is 417. The van der Waals surface area contributed by atoms with Crippen molar-refractivity contribution < 1.29 is 27.8 Å². The van der Waals surface area contributed by atoms with Crippen LogP contribution in [0.15, 0.2) is 0 Å². The Morgan fingerprint density at radius 2 is 2.22 bits per heavy atom.